The first-order chi connectivity index (χ1) is 12.3. The Bertz CT molecular complexity index is 627. The van der Waals surface area contributed by atoms with E-state index in [9.17, 15) is 0 Å². The van der Waals surface area contributed by atoms with Crippen molar-refractivity contribution in [3.8, 4) is 11.3 Å². The van der Waals surface area contributed by atoms with E-state index in [4.69, 9.17) is 9.47 Å². The van der Waals surface area contributed by atoms with Crippen molar-refractivity contribution >= 4 is 5.96 Å². The van der Waals surface area contributed by atoms with E-state index in [0.717, 1.165) is 36.0 Å². The molecule has 0 amide bonds. The molecule has 2 rings (SSSR count). The van der Waals surface area contributed by atoms with E-state index in [1.165, 1.54) is 0 Å². The van der Waals surface area contributed by atoms with Crippen molar-refractivity contribution in [2.75, 3.05) is 40.5 Å². The number of hydrogen-bond acceptors (Lipinski definition) is 4. The maximum absolute atomic E-state index is 5.42. The fourth-order valence-electron chi connectivity index (χ4n) is 2.23. The number of ether oxygens (including phenoxy) is 2. The summed E-state index contributed by atoms with van der Waals surface area (Å²) in [6, 6.07) is 10.1. The van der Waals surface area contributed by atoms with Crippen molar-refractivity contribution in [3.63, 3.8) is 0 Å². The summed E-state index contributed by atoms with van der Waals surface area (Å²) in [4.78, 5) is 11.9. The Hall–Kier alpha value is -2.38. The van der Waals surface area contributed by atoms with E-state index in [2.05, 4.69) is 37.7 Å². The number of nitrogens with one attached hydrogen (secondary N) is 3. The van der Waals surface area contributed by atoms with Gasteiger partial charge in [0.05, 0.1) is 31.6 Å². The van der Waals surface area contributed by atoms with E-state index >= 15 is 0 Å². The van der Waals surface area contributed by atoms with Crippen LogP contribution in [0.1, 0.15) is 12.2 Å². The summed E-state index contributed by atoms with van der Waals surface area (Å²) >= 11 is 0. The molecule has 0 saturated heterocycles. The van der Waals surface area contributed by atoms with E-state index < -0.39 is 0 Å². The first-order valence-electron chi connectivity index (χ1n) is 8.44. The molecule has 0 saturated carbocycles. The maximum Gasteiger partial charge on any atom is 0.191 e. The summed E-state index contributed by atoms with van der Waals surface area (Å²) < 4.78 is 10.4. The molecule has 0 spiro atoms. The Morgan fingerprint density at radius 3 is 2.76 bits per heavy atom. The van der Waals surface area contributed by atoms with E-state index in [1.54, 1.807) is 14.2 Å². The SMILES string of the molecule is CN=C(NCCCOCCOC)NCc1ncc(-c2ccccc2)[nH]1. The van der Waals surface area contributed by atoms with Crippen molar-refractivity contribution in [1.29, 1.82) is 0 Å². The van der Waals surface area contributed by atoms with Crippen molar-refractivity contribution in [3.05, 3.63) is 42.4 Å². The second-order valence-electron chi connectivity index (χ2n) is 5.42. The number of rotatable bonds is 10. The highest BCUT2D eigenvalue weighted by molar-refractivity contribution is 5.79. The quantitative estimate of drug-likeness (QED) is 0.347. The minimum atomic E-state index is 0.580. The van der Waals surface area contributed by atoms with Crippen LogP contribution >= 0.6 is 0 Å². The lowest BCUT2D eigenvalue weighted by Crippen LogP contribution is -2.37. The molecule has 2 aromatic rings. The summed E-state index contributed by atoms with van der Waals surface area (Å²) in [7, 11) is 3.42. The normalized spacial score (nSPS) is 11.5. The number of aromatic amines is 1. The number of nitrogens with zero attached hydrogens (tertiary/aromatic N) is 2. The van der Waals surface area contributed by atoms with E-state index in [1.807, 2.05) is 24.4 Å². The van der Waals surface area contributed by atoms with Gasteiger partial charge in [-0.15, -0.1) is 0 Å². The van der Waals surface area contributed by atoms with Gasteiger partial charge in [-0.05, 0) is 12.0 Å². The van der Waals surface area contributed by atoms with Crippen molar-refractivity contribution in [2.45, 2.75) is 13.0 Å². The van der Waals surface area contributed by atoms with Gasteiger partial charge in [0, 0.05) is 27.3 Å². The van der Waals surface area contributed by atoms with Crippen molar-refractivity contribution in [2.24, 2.45) is 4.99 Å². The average molecular weight is 345 g/mol. The Kier molecular flexibility index (Phi) is 8.51. The largest absolute Gasteiger partial charge is 0.382 e. The first kappa shape index (κ1) is 19.0. The smallest absolute Gasteiger partial charge is 0.191 e. The molecule has 136 valence electrons. The standard InChI is InChI=1S/C18H27N5O2/c1-19-18(20-9-6-10-25-12-11-24-2)22-14-17-21-13-16(23-17)15-7-4-3-5-8-15/h3-5,7-8,13H,6,9-12,14H2,1-2H3,(H,21,23)(H2,19,20,22). The van der Waals surface area contributed by atoms with Gasteiger partial charge in [0.2, 0.25) is 0 Å². The third-order valence-corrected chi connectivity index (χ3v) is 3.55. The highest BCUT2D eigenvalue weighted by Crippen LogP contribution is 2.15. The molecule has 0 aliphatic carbocycles. The third kappa shape index (κ3) is 6.94. The van der Waals surface area contributed by atoms with Crippen LogP contribution < -0.4 is 10.6 Å². The molecule has 0 fully saturated rings. The van der Waals surface area contributed by atoms with Crippen LogP contribution in [0, 0.1) is 0 Å². The maximum atomic E-state index is 5.42. The molecule has 0 aliphatic rings. The average Bonchev–Trinajstić information content (AvgIpc) is 3.13. The molecule has 3 N–H and O–H groups in total. The van der Waals surface area contributed by atoms with Crippen LogP contribution in [0.15, 0.2) is 41.5 Å². The lowest BCUT2D eigenvalue weighted by Gasteiger charge is -2.11. The van der Waals surface area contributed by atoms with Gasteiger partial charge in [-0.1, -0.05) is 30.3 Å². The number of guanidine groups is 1. The van der Waals surface area contributed by atoms with Crippen molar-refractivity contribution in [1.82, 2.24) is 20.6 Å². The second-order valence-corrected chi connectivity index (χ2v) is 5.42. The Labute approximate surface area is 148 Å². The van der Waals surface area contributed by atoms with Gasteiger partial charge in [0.25, 0.3) is 0 Å². The van der Waals surface area contributed by atoms with Gasteiger partial charge in [0.15, 0.2) is 5.96 Å². The number of benzene rings is 1. The van der Waals surface area contributed by atoms with Crippen LogP contribution in [0.25, 0.3) is 11.3 Å². The summed E-state index contributed by atoms with van der Waals surface area (Å²) in [5.74, 6) is 1.61. The van der Waals surface area contributed by atoms with E-state index in [-0.39, 0.29) is 0 Å². The number of methoxy groups -OCH3 is 1. The van der Waals surface area contributed by atoms with Crippen LogP contribution in [0.3, 0.4) is 0 Å². The Balaban J connectivity index is 1.68. The van der Waals surface area contributed by atoms with Crippen LogP contribution in [0.5, 0.6) is 0 Å². The highest BCUT2D eigenvalue weighted by Gasteiger charge is 2.04. The fourth-order valence-corrected chi connectivity index (χ4v) is 2.23. The molecule has 0 atom stereocenters. The predicted molar refractivity (Wildman–Crippen MR) is 99.5 cm³/mol. The number of imidazole rings is 1. The lowest BCUT2D eigenvalue weighted by molar-refractivity contribution is 0.0698. The molecule has 7 heteroatoms. The minimum absolute atomic E-state index is 0.580. The van der Waals surface area contributed by atoms with Gasteiger partial charge in [-0.25, -0.2) is 4.98 Å². The fraction of sp³-hybridized carbons (Fsp3) is 0.444. The van der Waals surface area contributed by atoms with Gasteiger partial charge < -0.3 is 25.1 Å². The lowest BCUT2D eigenvalue weighted by atomic mass is 10.2. The summed E-state index contributed by atoms with van der Waals surface area (Å²) in [6.45, 7) is 3.33. The molecular formula is C18H27N5O2. The zero-order valence-corrected chi connectivity index (χ0v) is 14.9. The van der Waals surface area contributed by atoms with Gasteiger partial charge in [-0.3, -0.25) is 4.99 Å². The molecule has 0 radical (unpaired) electrons. The topological polar surface area (TPSA) is 83.6 Å². The number of H-pyrrole nitrogens is 1. The first-order valence-corrected chi connectivity index (χ1v) is 8.44. The van der Waals surface area contributed by atoms with Gasteiger partial charge in [0.1, 0.15) is 5.82 Å². The van der Waals surface area contributed by atoms with Crippen LogP contribution in [0.4, 0.5) is 0 Å². The molecule has 1 heterocycles. The molecule has 0 unspecified atom stereocenters. The highest BCUT2D eigenvalue weighted by atomic mass is 16.5. The Morgan fingerprint density at radius 2 is 2.00 bits per heavy atom. The second kappa shape index (κ2) is 11.2. The molecule has 1 aromatic carbocycles. The predicted octanol–water partition coefficient (Wildman–Crippen LogP) is 1.79. The van der Waals surface area contributed by atoms with E-state index in [0.29, 0.717) is 26.4 Å². The monoisotopic (exact) mass is 345 g/mol. The third-order valence-electron chi connectivity index (χ3n) is 3.55. The zero-order valence-electron chi connectivity index (χ0n) is 14.9. The molecule has 7 nitrogen and oxygen atoms in total. The number of aliphatic imine (C=N–C) groups is 1. The van der Waals surface area contributed by atoms with Crippen LogP contribution in [-0.2, 0) is 16.0 Å². The Morgan fingerprint density at radius 1 is 1.16 bits per heavy atom. The minimum Gasteiger partial charge on any atom is -0.382 e. The molecular weight excluding hydrogens is 318 g/mol. The van der Waals surface area contributed by atoms with Crippen molar-refractivity contribution < 1.29 is 9.47 Å². The van der Waals surface area contributed by atoms with Gasteiger partial charge in [-0.2, -0.15) is 0 Å². The summed E-state index contributed by atoms with van der Waals surface area (Å²) in [6.07, 6.45) is 2.75. The molecule has 1 aromatic heterocycles. The summed E-state index contributed by atoms with van der Waals surface area (Å²) in [5, 5.41) is 6.50. The summed E-state index contributed by atoms with van der Waals surface area (Å²) in [5.41, 5.74) is 2.13. The van der Waals surface area contributed by atoms with Crippen LogP contribution in [0.2, 0.25) is 0 Å². The molecule has 0 aliphatic heterocycles. The zero-order chi connectivity index (χ0) is 17.7. The van der Waals surface area contributed by atoms with Gasteiger partial charge >= 0.3 is 0 Å². The van der Waals surface area contributed by atoms with Crippen LogP contribution in [-0.4, -0.2) is 56.5 Å². The number of hydrogen-bond donors (Lipinski definition) is 3. The number of aromatic nitrogens is 2. The molecule has 25 heavy (non-hydrogen) atoms. The molecule has 0 bridgehead atoms.